The van der Waals surface area contributed by atoms with Gasteiger partial charge in [0.1, 0.15) is 11.5 Å². The molecule has 1 aromatic carbocycles. The number of benzene rings is 1. The van der Waals surface area contributed by atoms with Gasteiger partial charge in [-0.2, -0.15) is 0 Å². The lowest BCUT2D eigenvalue weighted by Gasteiger charge is -2.22. The molecule has 0 bridgehead atoms. The highest BCUT2D eigenvalue weighted by molar-refractivity contribution is 6.32. The lowest BCUT2D eigenvalue weighted by Crippen LogP contribution is -2.37. The van der Waals surface area contributed by atoms with Gasteiger partial charge in [0.2, 0.25) is 11.8 Å². The van der Waals surface area contributed by atoms with Crippen LogP contribution in [-0.2, 0) is 9.59 Å². The maximum absolute atomic E-state index is 12.5. The molecule has 0 radical (unpaired) electrons. The number of hydrogen-bond acceptors (Lipinski definition) is 4. The summed E-state index contributed by atoms with van der Waals surface area (Å²) in [4.78, 5) is 26.0. The summed E-state index contributed by atoms with van der Waals surface area (Å²) in [5.74, 6) is 0.434. The normalized spacial score (nSPS) is 13.6. The molecule has 0 heterocycles. The third kappa shape index (κ3) is 6.17. The number of halogens is 1. The van der Waals surface area contributed by atoms with E-state index >= 15 is 0 Å². The number of ether oxygens (including phenoxy) is 2. The molecule has 0 fully saturated rings. The lowest BCUT2D eigenvalue weighted by atomic mass is 9.97. The smallest absolute Gasteiger partial charge is 0.244 e. The van der Waals surface area contributed by atoms with Crippen molar-refractivity contribution in [3.05, 3.63) is 28.8 Å². The minimum Gasteiger partial charge on any atom is -0.495 e. The SMILES string of the molecule is COc1cc(NC(=O)CN(CCC2=CCCCC2)C(C)=O)c(OC)cc1Cl. The van der Waals surface area contributed by atoms with Crippen molar-refractivity contribution < 1.29 is 19.1 Å². The summed E-state index contributed by atoms with van der Waals surface area (Å²) in [6.45, 7) is 2.00. The van der Waals surface area contributed by atoms with Crippen molar-refractivity contribution in [1.82, 2.24) is 4.90 Å². The second-order valence-electron chi connectivity index (χ2n) is 6.53. The van der Waals surface area contributed by atoms with Crippen LogP contribution in [0.5, 0.6) is 11.5 Å². The molecule has 1 N–H and O–H groups in total. The zero-order chi connectivity index (χ0) is 19.8. The maximum Gasteiger partial charge on any atom is 0.244 e. The summed E-state index contributed by atoms with van der Waals surface area (Å²) in [6.07, 6.45) is 7.69. The van der Waals surface area contributed by atoms with Crippen molar-refractivity contribution in [3.63, 3.8) is 0 Å². The Balaban J connectivity index is 2.01. The van der Waals surface area contributed by atoms with Crippen molar-refractivity contribution in [1.29, 1.82) is 0 Å². The molecule has 0 aliphatic heterocycles. The Morgan fingerprint density at radius 3 is 2.52 bits per heavy atom. The average molecular weight is 395 g/mol. The van der Waals surface area contributed by atoms with Crippen molar-refractivity contribution >= 4 is 29.1 Å². The maximum atomic E-state index is 12.5. The van der Waals surface area contributed by atoms with E-state index in [0.717, 1.165) is 19.3 Å². The number of rotatable bonds is 8. The Morgan fingerprint density at radius 2 is 1.93 bits per heavy atom. The van der Waals surface area contributed by atoms with Crippen molar-refractivity contribution in [2.24, 2.45) is 0 Å². The molecule has 0 spiro atoms. The number of allylic oxidation sites excluding steroid dienone is 1. The van der Waals surface area contributed by atoms with Crippen LogP contribution in [0.25, 0.3) is 0 Å². The van der Waals surface area contributed by atoms with E-state index in [4.69, 9.17) is 21.1 Å². The second kappa shape index (κ2) is 10.2. The van der Waals surface area contributed by atoms with E-state index in [1.54, 1.807) is 17.0 Å². The number of carbonyl (C=O) groups is 2. The molecule has 0 aromatic heterocycles. The lowest BCUT2D eigenvalue weighted by molar-refractivity contribution is -0.132. The fourth-order valence-electron chi connectivity index (χ4n) is 3.08. The third-order valence-corrected chi connectivity index (χ3v) is 4.91. The van der Waals surface area contributed by atoms with Gasteiger partial charge in [-0.05, 0) is 32.1 Å². The van der Waals surface area contributed by atoms with Crippen LogP contribution < -0.4 is 14.8 Å². The Bertz CT molecular complexity index is 718. The van der Waals surface area contributed by atoms with Crippen LogP contribution in [0.3, 0.4) is 0 Å². The molecular weight excluding hydrogens is 368 g/mol. The highest BCUT2D eigenvalue weighted by atomic mass is 35.5. The predicted molar refractivity (Wildman–Crippen MR) is 107 cm³/mol. The van der Waals surface area contributed by atoms with Crippen LogP contribution in [0.2, 0.25) is 5.02 Å². The molecule has 1 aliphatic carbocycles. The van der Waals surface area contributed by atoms with Crippen LogP contribution in [0, 0.1) is 0 Å². The van der Waals surface area contributed by atoms with Crippen LogP contribution in [0.1, 0.15) is 39.0 Å². The Kier molecular flexibility index (Phi) is 7.98. The van der Waals surface area contributed by atoms with Gasteiger partial charge in [0.05, 0.1) is 31.5 Å². The molecule has 148 valence electrons. The number of nitrogens with zero attached hydrogens (tertiary/aromatic N) is 1. The van der Waals surface area contributed by atoms with Gasteiger partial charge in [0.25, 0.3) is 0 Å². The molecule has 27 heavy (non-hydrogen) atoms. The zero-order valence-corrected chi connectivity index (χ0v) is 16.9. The molecule has 0 atom stereocenters. The first-order valence-electron chi connectivity index (χ1n) is 9.09. The van der Waals surface area contributed by atoms with Gasteiger partial charge in [-0.15, -0.1) is 0 Å². The molecule has 0 saturated carbocycles. The van der Waals surface area contributed by atoms with E-state index in [-0.39, 0.29) is 18.4 Å². The van der Waals surface area contributed by atoms with Gasteiger partial charge < -0.3 is 19.7 Å². The van der Waals surface area contributed by atoms with Crippen molar-refractivity contribution in [2.45, 2.75) is 39.0 Å². The average Bonchev–Trinajstić information content (AvgIpc) is 2.66. The van der Waals surface area contributed by atoms with E-state index in [9.17, 15) is 9.59 Å². The molecule has 0 unspecified atom stereocenters. The van der Waals surface area contributed by atoms with Gasteiger partial charge in [-0.3, -0.25) is 9.59 Å². The highest BCUT2D eigenvalue weighted by Crippen LogP contribution is 2.35. The standard InChI is InChI=1S/C20H27ClN2O4/c1-14(24)23(10-9-15-7-5-4-6-8-15)13-20(25)22-17-12-18(26-2)16(21)11-19(17)27-3/h7,11-12H,4-6,8-10,13H2,1-3H3,(H,22,25). The first kappa shape index (κ1) is 21.1. The topological polar surface area (TPSA) is 67.9 Å². The number of anilines is 1. The summed E-state index contributed by atoms with van der Waals surface area (Å²) < 4.78 is 10.4. The number of methoxy groups -OCH3 is 2. The predicted octanol–water partition coefficient (Wildman–Crippen LogP) is 4.03. The zero-order valence-electron chi connectivity index (χ0n) is 16.1. The van der Waals surface area contributed by atoms with Crippen molar-refractivity contribution in [3.8, 4) is 11.5 Å². The molecule has 2 amide bonds. The minimum atomic E-state index is -0.300. The largest absolute Gasteiger partial charge is 0.495 e. The summed E-state index contributed by atoms with van der Waals surface area (Å²) in [6, 6.07) is 3.18. The van der Waals surface area contributed by atoms with Gasteiger partial charge in [-0.1, -0.05) is 23.3 Å². The summed E-state index contributed by atoms with van der Waals surface area (Å²) in [7, 11) is 2.99. The van der Waals surface area contributed by atoms with Crippen LogP contribution in [-0.4, -0.2) is 44.0 Å². The van der Waals surface area contributed by atoms with Crippen LogP contribution in [0.4, 0.5) is 5.69 Å². The van der Waals surface area contributed by atoms with Crippen LogP contribution >= 0.6 is 11.6 Å². The molecule has 6 nitrogen and oxygen atoms in total. The van der Waals surface area contributed by atoms with Gasteiger partial charge in [0.15, 0.2) is 0 Å². The van der Waals surface area contributed by atoms with Gasteiger partial charge in [-0.25, -0.2) is 0 Å². The first-order valence-corrected chi connectivity index (χ1v) is 9.47. The fourth-order valence-corrected chi connectivity index (χ4v) is 3.31. The highest BCUT2D eigenvalue weighted by Gasteiger charge is 2.17. The number of hydrogen-bond donors (Lipinski definition) is 1. The van der Waals surface area contributed by atoms with E-state index in [0.29, 0.717) is 28.8 Å². The molecule has 2 rings (SSSR count). The van der Waals surface area contributed by atoms with E-state index in [2.05, 4.69) is 11.4 Å². The van der Waals surface area contributed by atoms with E-state index < -0.39 is 0 Å². The van der Waals surface area contributed by atoms with Gasteiger partial charge in [0, 0.05) is 25.6 Å². The first-order chi connectivity index (χ1) is 12.9. The van der Waals surface area contributed by atoms with Crippen molar-refractivity contribution in [2.75, 3.05) is 32.6 Å². The summed E-state index contributed by atoms with van der Waals surface area (Å²) in [5, 5.41) is 3.16. The fraction of sp³-hybridized carbons (Fsp3) is 0.500. The summed E-state index contributed by atoms with van der Waals surface area (Å²) in [5.41, 5.74) is 1.82. The van der Waals surface area contributed by atoms with Gasteiger partial charge >= 0.3 is 0 Å². The number of amides is 2. The minimum absolute atomic E-state index is 0.0172. The Hall–Kier alpha value is -2.21. The third-order valence-electron chi connectivity index (χ3n) is 4.62. The monoisotopic (exact) mass is 394 g/mol. The second-order valence-corrected chi connectivity index (χ2v) is 6.94. The number of carbonyl (C=O) groups excluding carboxylic acids is 2. The van der Waals surface area contributed by atoms with Crippen LogP contribution in [0.15, 0.2) is 23.8 Å². The molecule has 1 aromatic rings. The molecule has 7 heteroatoms. The molecule has 0 saturated heterocycles. The van der Waals surface area contributed by atoms with E-state index in [1.165, 1.54) is 39.6 Å². The Morgan fingerprint density at radius 1 is 1.19 bits per heavy atom. The number of nitrogens with one attached hydrogen (secondary N) is 1. The van der Waals surface area contributed by atoms with E-state index in [1.807, 2.05) is 0 Å². The molecular formula is C20H27ClN2O4. The summed E-state index contributed by atoms with van der Waals surface area (Å²) >= 11 is 6.08. The Labute approximate surface area is 165 Å². The molecule has 1 aliphatic rings. The quantitative estimate of drug-likeness (QED) is 0.676.